The molecule has 1 rings (SSSR count). The lowest BCUT2D eigenvalue weighted by molar-refractivity contribution is -0.384. The van der Waals surface area contributed by atoms with Gasteiger partial charge in [0.2, 0.25) is 0 Å². The second kappa shape index (κ2) is 4.85. The molecule has 1 aromatic carbocycles. The average Bonchev–Trinajstić information content (AvgIpc) is 2.20. The third kappa shape index (κ3) is 2.87. The summed E-state index contributed by atoms with van der Waals surface area (Å²) in [5, 5.41) is 20.9. The SMILES string of the molecule is Cc1cc([N+](=O)[O-])ccc1N/N=C\C=N. The summed E-state index contributed by atoms with van der Waals surface area (Å²) < 4.78 is 0. The van der Waals surface area contributed by atoms with Crippen molar-refractivity contribution in [2.45, 2.75) is 6.92 Å². The van der Waals surface area contributed by atoms with Gasteiger partial charge in [-0.15, -0.1) is 0 Å². The Kier molecular flexibility index (Phi) is 3.50. The van der Waals surface area contributed by atoms with Crippen LogP contribution in [-0.2, 0) is 0 Å². The maximum absolute atomic E-state index is 10.5. The normalized spacial score (nSPS) is 10.2. The Morgan fingerprint density at radius 3 is 2.87 bits per heavy atom. The number of aryl methyl sites for hydroxylation is 1. The molecule has 0 unspecified atom stereocenters. The van der Waals surface area contributed by atoms with E-state index in [1.54, 1.807) is 13.0 Å². The van der Waals surface area contributed by atoms with Crippen molar-refractivity contribution in [1.29, 1.82) is 5.41 Å². The van der Waals surface area contributed by atoms with Gasteiger partial charge in [-0.1, -0.05) is 0 Å². The second-order valence-corrected chi connectivity index (χ2v) is 2.81. The van der Waals surface area contributed by atoms with Crippen molar-refractivity contribution in [3.63, 3.8) is 0 Å². The monoisotopic (exact) mass is 206 g/mol. The van der Waals surface area contributed by atoms with Crippen LogP contribution in [0, 0.1) is 22.4 Å². The summed E-state index contributed by atoms with van der Waals surface area (Å²) >= 11 is 0. The number of hydrazone groups is 1. The van der Waals surface area contributed by atoms with Crippen molar-refractivity contribution in [3.05, 3.63) is 33.9 Å². The first-order valence-corrected chi connectivity index (χ1v) is 4.18. The minimum absolute atomic E-state index is 0.0501. The van der Waals surface area contributed by atoms with Gasteiger partial charge in [-0.2, -0.15) is 5.10 Å². The van der Waals surface area contributed by atoms with Crippen LogP contribution in [0.25, 0.3) is 0 Å². The molecule has 78 valence electrons. The highest BCUT2D eigenvalue weighted by Crippen LogP contribution is 2.20. The van der Waals surface area contributed by atoms with Gasteiger partial charge in [0.25, 0.3) is 5.69 Å². The van der Waals surface area contributed by atoms with Crippen molar-refractivity contribution in [3.8, 4) is 0 Å². The van der Waals surface area contributed by atoms with E-state index in [1.807, 2.05) is 0 Å². The number of nitro benzene ring substituents is 1. The number of hydrogen-bond donors (Lipinski definition) is 2. The zero-order chi connectivity index (χ0) is 11.3. The van der Waals surface area contributed by atoms with Gasteiger partial charge in [-0.3, -0.25) is 15.5 Å². The number of nitro groups is 1. The third-order valence-corrected chi connectivity index (χ3v) is 1.75. The number of hydrogen-bond acceptors (Lipinski definition) is 5. The number of benzene rings is 1. The highest BCUT2D eigenvalue weighted by molar-refractivity contribution is 6.14. The molecule has 1 aromatic rings. The fraction of sp³-hybridized carbons (Fsp3) is 0.111. The Morgan fingerprint density at radius 2 is 2.33 bits per heavy atom. The lowest BCUT2D eigenvalue weighted by Crippen LogP contribution is -1.94. The first-order chi connectivity index (χ1) is 7.15. The Bertz CT molecular complexity index is 415. The molecule has 0 fully saturated rings. The van der Waals surface area contributed by atoms with Crippen LogP contribution in [-0.4, -0.2) is 17.4 Å². The lowest BCUT2D eigenvalue weighted by atomic mass is 10.2. The Hall–Kier alpha value is -2.24. The van der Waals surface area contributed by atoms with Crippen LogP contribution in [0.3, 0.4) is 0 Å². The van der Waals surface area contributed by atoms with Crippen LogP contribution in [0.5, 0.6) is 0 Å². The fourth-order valence-electron chi connectivity index (χ4n) is 1.03. The van der Waals surface area contributed by atoms with Gasteiger partial charge in [-0.05, 0) is 18.6 Å². The van der Waals surface area contributed by atoms with Crippen LogP contribution in [0.15, 0.2) is 23.3 Å². The molecule has 0 aliphatic carbocycles. The van der Waals surface area contributed by atoms with E-state index in [-0.39, 0.29) is 5.69 Å². The molecule has 0 atom stereocenters. The molecule has 0 bridgehead atoms. The molecule has 0 spiro atoms. The van der Waals surface area contributed by atoms with Gasteiger partial charge in [0.15, 0.2) is 0 Å². The molecule has 0 saturated heterocycles. The van der Waals surface area contributed by atoms with Crippen molar-refractivity contribution in [2.24, 2.45) is 5.10 Å². The minimum atomic E-state index is -0.447. The molecule has 6 heteroatoms. The average molecular weight is 206 g/mol. The molecule has 0 amide bonds. The van der Waals surface area contributed by atoms with E-state index in [1.165, 1.54) is 18.3 Å². The summed E-state index contributed by atoms with van der Waals surface area (Å²) in [7, 11) is 0. The van der Waals surface area contributed by atoms with Crippen molar-refractivity contribution in [2.75, 3.05) is 5.43 Å². The molecular weight excluding hydrogens is 196 g/mol. The van der Waals surface area contributed by atoms with E-state index >= 15 is 0 Å². The third-order valence-electron chi connectivity index (χ3n) is 1.75. The molecule has 0 aromatic heterocycles. The zero-order valence-corrected chi connectivity index (χ0v) is 8.10. The Labute approximate surface area is 86.3 Å². The van der Waals surface area contributed by atoms with E-state index in [0.29, 0.717) is 5.69 Å². The maximum atomic E-state index is 10.5. The predicted molar refractivity (Wildman–Crippen MR) is 58.7 cm³/mol. The van der Waals surface area contributed by atoms with E-state index in [2.05, 4.69) is 10.5 Å². The largest absolute Gasteiger partial charge is 0.307 e. The highest BCUT2D eigenvalue weighted by Gasteiger charge is 2.06. The summed E-state index contributed by atoms with van der Waals surface area (Å²) in [5.41, 5.74) is 4.13. The van der Waals surface area contributed by atoms with Gasteiger partial charge < -0.3 is 5.41 Å². The first-order valence-electron chi connectivity index (χ1n) is 4.18. The van der Waals surface area contributed by atoms with Crippen molar-refractivity contribution < 1.29 is 4.92 Å². The second-order valence-electron chi connectivity index (χ2n) is 2.81. The van der Waals surface area contributed by atoms with E-state index in [9.17, 15) is 10.1 Å². The Morgan fingerprint density at radius 1 is 1.60 bits per heavy atom. The number of anilines is 1. The predicted octanol–water partition coefficient (Wildman–Crippen LogP) is 1.95. The number of rotatable bonds is 4. The number of non-ortho nitro benzene ring substituents is 1. The summed E-state index contributed by atoms with van der Waals surface area (Å²) in [6.45, 7) is 1.75. The van der Waals surface area contributed by atoms with Crippen LogP contribution in [0.4, 0.5) is 11.4 Å². The standard InChI is InChI=1S/C9H10N4O2/c1-7-6-8(13(14)15)2-3-9(7)12-11-5-4-10/h2-6,10,12H,1H3/b10-4?,11-5-. The molecule has 2 N–H and O–H groups in total. The van der Waals surface area contributed by atoms with Gasteiger partial charge in [-0.25, -0.2) is 0 Å². The minimum Gasteiger partial charge on any atom is -0.307 e. The van der Waals surface area contributed by atoms with Gasteiger partial charge in [0, 0.05) is 18.3 Å². The molecule has 0 saturated carbocycles. The summed E-state index contributed by atoms with van der Waals surface area (Å²) in [6.07, 6.45) is 2.31. The number of nitrogens with zero attached hydrogens (tertiary/aromatic N) is 2. The summed E-state index contributed by atoms with van der Waals surface area (Å²) in [4.78, 5) is 10.0. The first kappa shape index (κ1) is 10.8. The quantitative estimate of drug-likeness (QED) is 0.448. The van der Waals surface area contributed by atoms with Crippen molar-refractivity contribution in [1.82, 2.24) is 0 Å². The van der Waals surface area contributed by atoms with Crippen LogP contribution in [0.1, 0.15) is 5.56 Å². The molecule has 15 heavy (non-hydrogen) atoms. The molecular formula is C9H10N4O2. The highest BCUT2D eigenvalue weighted by atomic mass is 16.6. The maximum Gasteiger partial charge on any atom is 0.269 e. The topological polar surface area (TPSA) is 91.4 Å². The van der Waals surface area contributed by atoms with E-state index in [0.717, 1.165) is 11.8 Å². The van der Waals surface area contributed by atoms with E-state index < -0.39 is 4.92 Å². The van der Waals surface area contributed by atoms with Crippen LogP contribution < -0.4 is 5.43 Å². The Balaban J connectivity index is 2.88. The molecule has 0 aliphatic rings. The van der Waals surface area contributed by atoms with Gasteiger partial charge in [0.1, 0.15) is 0 Å². The number of nitrogens with one attached hydrogen (secondary N) is 2. The molecule has 0 aliphatic heterocycles. The lowest BCUT2D eigenvalue weighted by Gasteiger charge is -2.03. The smallest absolute Gasteiger partial charge is 0.269 e. The van der Waals surface area contributed by atoms with Gasteiger partial charge in [0.05, 0.1) is 16.8 Å². The summed E-state index contributed by atoms with van der Waals surface area (Å²) in [6, 6.07) is 4.44. The van der Waals surface area contributed by atoms with E-state index in [4.69, 9.17) is 5.41 Å². The molecule has 0 heterocycles. The zero-order valence-electron chi connectivity index (χ0n) is 8.10. The van der Waals surface area contributed by atoms with Crippen molar-refractivity contribution >= 4 is 23.8 Å². The molecule has 6 nitrogen and oxygen atoms in total. The van der Waals surface area contributed by atoms with Crippen LogP contribution >= 0.6 is 0 Å². The molecule has 0 radical (unpaired) electrons. The fourth-order valence-corrected chi connectivity index (χ4v) is 1.03. The van der Waals surface area contributed by atoms with Crippen LogP contribution in [0.2, 0.25) is 0 Å². The summed E-state index contributed by atoms with van der Waals surface area (Å²) in [5.74, 6) is 0. The van der Waals surface area contributed by atoms with Gasteiger partial charge >= 0.3 is 0 Å².